The van der Waals surface area contributed by atoms with Crippen LogP contribution in [0.25, 0.3) is 0 Å². The summed E-state index contributed by atoms with van der Waals surface area (Å²) in [6, 6.07) is 12.9. The van der Waals surface area contributed by atoms with Crippen LogP contribution in [0.5, 0.6) is 5.75 Å². The number of hydrogen-bond acceptors (Lipinski definition) is 6. The van der Waals surface area contributed by atoms with Gasteiger partial charge in [0.05, 0.1) is 13.1 Å². The minimum absolute atomic E-state index is 0.0381. The molecule has 0 bridgehead atoms. The van der Waals surface area contributed by atoms with Crippen LogP contribution in [0.1, 0.15) is 23.7 Å². The maximum absolute atomic E-state index is 11.9. The van der Waals surface area contributed by atoms with Crippen molar-refractivity contribution >= 4 is 36.1 Å². The average Bonchev–Trinajstić information content (AvgIpc) is 3.05. The fourth-order valence-corrected chi connectivity index (χ4v) is 3.81. The lowest BCUT2D eigenvalue weighted by Crippen LogP contribution is -2.47. The van der Waals surface area contributed by atoms with Crippen molar-refractivity contribution < 1.29 is 23.6 Å². The first-order valence-corrected chi connectivity index (χ1v) is 9.49. The van der Waals surface area contributed by atoms with Crippen LogP contribution in [0.2, 0.25) is 5.02 Å². The third kappa shape index (κ3) is 4.00. The molecule has 0 saturated carbocycles. The fourth-order valence-electron chi connectivity index (χ4n) is 3.53. The van der Waals surface area contributed by atoms with Crippen LogP contribution in [0.4, 0.5) is 0 Å². The number of nitrogens with zero attached hydrogens (tertiary/aromatic N) is 1. The third-order valence-corrected chi connectivity index (χ3v) is 5.22. The molecule has 1 aliphatic heterocycles. The Bertz CT molecular complexity index is 884. The number of fused-ring (bicyclic) bond motifs is 1. The highest BCUT2D eigenvalue weighted by Gasteiger charge is 2.34. The normalized spacial score (nSPS) is 20.1. The summed E-state index contributed by atoms with van der Waals surface area (Å²) in [5.41, 5.74) is 2.83. The number of likely N-dealkylation sites (N-methyl/N-ethyl adjacent to an activating group) is 1. The molecule has 0 N–H and O–H groups in total. The van der Waals surface area contributed by atoms with Gasteiger partial charge in [-0.25, -0.2) is 0 Å². The second-order valence-electron chi connectivity index (χ2n) is 7.01. The highest BCUT2D eigenvalue weighted by Crippen LogP contribution is 2.38. The van der Waals surface area contributed by atoms with Crippen molar-refractivity contribution in [1.82, 2.24) is 4.90 Å². The first-order valence-electron chi connectivity index (χ1n) is 9.11. The minimum Gasteiger partial charge on any atom is -0.494 e. The standard InChI is InChI=1S/C20H19BClNO5/c1-23-11-19(24)27-21(28-20(25)12-23)13-5-7-14(8-6-13)26-18-10-9-15-16(18)3-2-4-17(15)22/h2-8,18H,9-12H2,1H3/t18-/m1/s1. The molecule has 0 spiro atoms. The van der Waals surface area contributed by atoms with E-state index in [4.69, 9.17) is 25.6 Å². The van der Waals surface area contributed by atoms with Crippen LogP contribution in [0.15, 0.2) is 42.5 Å². The van der Waals surface area contributed by atoms with E-state index in [1.807, 2.05) is 18.2 Å². The number of ether oxygens (including phenoxy) is 1. The first kappa shape index (κ1) is 18.8. The molecule has 0 unspecified atom stereocenters. The lowest BCUT2D eigenvalue weighted by molar-refractivity contribution is -0.145. The van der Waals surface area contributed by atoms with Crippen molar-refractivity contribution in [2.45, 2.75) is 18.9 Å². The average molecular weight is 400 g/mol. The van der Waals surface area contributed by atoms with Gasteiger partial charge in [-0.15, -0.1) is 0 Å². The van der Waals surface area contributed by atoms with Crippen molar-refractivity contribution in [2.24, 2.45) is 0 Å². The van der Waals surface area contributed by atoms with Gasteiger partial charge in [-0.2, -0.15) is 0 Å². The molecule has 1 aliphatic carbocycles. The SMILES string of the molecule is CN1CC(=O)OB(c2ccc(O[C@@H]3CCc4c(Cl)cccc43)cc2)OC(=O)C1. The van der Waals surface area contributed by atoms with E-state index < -0.39 is 19.1 Å². The maximum atomic E-state index is 11.9. The lowest BCUT2D eigenvalue weighted by atomic mass is 9.78. The number of carbonyl (C=O) groups is 2. The lowest BCUT2D eigenvalue weighted by Gasteiger charge is -2.22. The predicted molar refractivity (Wildman–Crippen MR) is 105 cm³/mol. The molecule has 28 heavy (non-hydrogen) atoms. The van der Waals surface area contributed by atoms with Gasteiger partial charge in [0.15, 0.2) is 0 Å². The van der Waals surface area contributed by atoms with Crippen molar-refractivity contribution in [2.75, 3.05) is 20.1 Å². The second kappa shape index (κ2) is 7.85. The predicted octanol–water partition coefficient (Wildman–Crippen LogP) is 2.13. The molecule has 1 saturated heterocycles. The van der Waals surface area contributed by atoms with Crippen molar-refractivity contribution in [3.05, 3.63) is 58.6 Å². The Labute approximate surface area is 168 Å². The molecule has 8 heteroatoms. The Morgan fingerprint density at radius 2 is 1.75 bits per heavy atom. The molecule has 144 valence electrons. The molecule has 2 aliphatic rings. The van der Waals surface area contributed by atoms with Gasteiger partial charge >= 0.3 is 19.1 Å². The quantitative estimate of drug-likeness (QED) is 0.737. The molecule has 1 heterocycles. The van der Waals surface area contributed by atoms with E-state index in [1.54, 1.807) is 36.2 Å². The minimum atomic E-state index is -1.05. The van der Waals surface area contributed by atoms with Gasteiger partial charge in [0.2, 0.25) is 0 Å². The summed E-state index contributed by atoms with van der Waals surface area (Å²) in [6.07, 6.45) is 1.71. The van der Waals surface area contributed by atoms with Gasteiger partial charge in [-0.05, 0) is 49.2 Å². The molecule has 1 fully saturated rings. The van der Waals surface area contributed by atoms with E-state index in [0.29, 0.717) is 11.2 Å². The highest BCUT2D eigenvalue weighted by molar-refractivity contribution is 6.64. The Morgan fingerprint density at radius 1 is 1.07 bits per heavy atom. The number of hydrogen-bond donors (Lipinski definition) is 0. The molecule has 0 amide bonds. The molecular weight excluding hydrogens is 380 g/mol. The van der Waals surface area contributed by atoms with Crippen LogP contribution in [0.3, 0.4) is 0 Å². The monoisotopic (exact) mass is 399 g/mol. The van der Waals surface area contributed by atoms with Crippen molar-refractivity contribution in [3.8, 4) is 5.75 Å². The van der Waals surface area contributed by atoms with Gasteiger partial charge < -0.3 is 14.0 Å². The molecule has 2 aromatic carbocycles. The topological polar surface area (TPSA) is 65.1 Å². The third-order valence-electron chi connectivity index (χ3n) is 4.86. The number of rotatable bonds is 3. The van der Waals surface area contributed by atoms with Crippen LogP contribution in [-0.4, -0.2) is 44.1 Å². The van der Waals surface area contributed by atoms with E-state index >= 15 is 0 Å². The first-order chi connectivity index (χ1) is 13.5. The van der Waals surface area contributed by atoms with Crippen LogP contribution in [0, 0.1) is 0 Å². The van der Waals surface area contributed by atoms with Gasteiger partial charge in [-0.1, -0.05) is 35.9 Å². The Kier molecular flexibility index (Phi) is 5.28. The summed E-state index contributed by atoms with van der Waals surface area (Å²) in [6.45, 7) is 0.0763. The largest absolute Gasteiger partial charge is 0.636 e. The molecule has 4 rings (SSSR count). The summed E-state index contributed by atoms with van der Waals surface area (Å²) in [5.74, 6) is -0.204. The molecule has 0 radical (unpaired) electrons. The molecule has 1 atom stereocenters. The molecular formula is C20H19BClNO5. The van der Waals surface area contributed by atoms with Crippen LogP contribution < -0.4 is 10.2 Å². The van der Waals surface area contributed by atoms with E-state index in [1.165, 1.54) is 0 Å². The zero-order valence-electron chi connectivity index (χ0n) is 15.4. The van der Waals surface area contributed by atoms with E-state index in [2.05, 4.69) is 0 Å². The fraction of sp³-hybridized carbons (Fsp3) is 0.300. The molecule has 2 aromatic rings. The summed E-state index contributed by atoms with van der Waals surface area (Å²) in [5, 5.41) is 0.775. The number of benzene rings is 2. The maximum Gasteiger partial charge on any atom is 0.636 e. The van der Waals surface area contributed by atoms with E-state index in [-0.39, 0.29) is 19.2 Å². The Hall–Kier alpha value is -2.51. The summed E-state index contributed by atoms with van der Waals surface area (Å²) < 4.78 is 16.7. The highest BCUT2D eigenvalue weighted by atomic mass is 35.5. The smallest absolute Gasteiger partial charge is 0.494 e. The summed E-state index contributed by atoms with van der Waals surface area (Å²) in [7, 11) is 0.609. The Morgan fingerprint density at radius 3 is 2.43 bits per heavy atom. The van der Waals surface area contributed by atoms with Crippen LogP contribution >= 0.6 is 11.6 Å². The van der Waals surface area contributed by atoms with Crippen molar-refractivity contribution in [1.29, 1.82) is 0 Å². The summed E-state index contributed by atoms with van der Waals surface area (Å²) in [4.78, 5) is 25.3. The van der Waals surface area contributed by atoms with Gasteiger partial charge in [0.1, 0.15) is 11.9 Å². The van der Waals surface area contributed by atoms with Gasteiger partial charge in [0, 0.05) is 10.5 Å². The van der Waals surface area contributed by atoms with E-state index in [9.17, 15) is 9.59 Å². The Balaban J connectivity index is 1.47. The number of halogens is 1. The van der Waals surface area contributed by atoms with Gasteiger partial charge in [0.25, 0.3) is 0 Å². The van der Waals surface area contributed by atoms with Crippen molar-refractivity contribution in [3.63, 3.8) is 0 Å². The second-order valence-corrected chi connectivity index (χ2v) is 7.41. The zero-order chi connectivity index (χ0) is 19.7. The molecule has 6 nitrogen and oxygen atoms in total. The zero-order valence-corrected chi connectivity index (χ0v) is 16.1. The summed E-state index contributed by atoms with van der Waals surface area (Å²) >= 11 is 6.26. The number of carbonyl (C=O) groups excluding carboxylic acids is 2. The van der Waals surface area contributed by atoms with Crippen LogP contribution in [-0.2, 0) is 25.3 Å². The van der Waals surface area contributed by atoms with E-state index in [0.717, 1.165) is 29.0 Å². The molecule has 0 aromatic heterocycles. The van der Waals surface area contributed by atoms with Gasteiger partial charge in [-0.3, -0.25) is 14.5 Å².